The Labute approximate surface area is 137 Å². The SMILES string of the molecule is COc1ccc(-c2noc(C3C=Nc4ccccc4C3=O)n2)cc1. The molecule has 1 aliphatic heterocycles. The lowest BCUT2D eigenvalue weighted by Crippen LogP contribution is -2.18. The van der Waals surface area contributed by atoms with Crippen LogP contribution >= 0.6 is 0 Å². The Hall–Kier alpha value is -3.28. The summed E-state index contributed by atoms with van der Waals surface area (Å²) < 4.78 is 10.4. The topological polar surface area (TPSA) is 77.6 Å². The van der Waals surface area contributed by atoms with Crippen molar-refractivity contribution in [2.75, 3.05) is 7.11 Å². The summed E-state index contributed by atoms with van der Waals surface area (Å²) in [6, 6.07) is 14.5. The second-order valence-corrected chi connectivity index (χ2v) is 5.32. The molecule has 0 fully saturated rings. The molecule has 1 aliphatic rings. The van der Waals surface area contributed by atoms with Crippen molar-refractivity contribution in [1.82, 2.24) is 10.1 Å². The molecule has 0 saturated carbocycles. The van der Waals surface area contributed by atoms with Crippen LogP contribution in [0, 0.1) is 0 Å². The van der Waals surface area contributed by atoms with Crippen molar-refractivity contribution in [2.24, 2.45) is 4.99 Å². The lowest BCUT2D eigenvalue weighted by atomic mass is 9.94. The van der Waals surface area contributed by atoms with Crippen molar-refractivity contribution in [3.8, 4) is 17.1 Å². The summed E-state index contributed by atoms with van der Waals surface area (Å²) in [7, 11) is 1.60. The lowest BCUT2D eigenvalue weighted by Gasteiger charge is -2.13. The fourth-order valence-electron chi connectivity index (χ4n) is 2.58. The lowest BCUT2D eigenvalue weighted by molar-refractivity contribution is 0.0971. The summed E-state index contributed by atoms with van der Waals surface area (Å²) in [4.78, 5) is 21.3. The molecular formula is C18H13N3O3. The van der Waals surface area contributed by atoms with E-state index in [1.807, 2.05) is 36.4 Å². The second kappa shape index (κ2) is 5.73. The monoisotopic (exact) mass is 319 g/mol. The van der Waals surface area contributed by atoms with Crippen molar-refractivity contribution in [3.63, 3.8) is 0 Å². The first kappa shape index (κ1) is 14.3. The van der Waals surface area contributed by atoms with Crippen molar-refractivity contribution < 1.29 is 14.1 Å². The third-order valence-electron chi connectivity index (χ3n) is 3.87. The van der Waals surface area contributed by atoms with E-state index in [4.69, 9.17) is 9.26 Å². The summed E-state index contributed by atoms with van der Waals surface area (Å²) in [6.07, 6.45) is 1.55. The van der Waals surface area contributed by atoms with Gasteiger partial charge in [0.25, 0.3) is 0 Å². The molecule has 6 nitrogen and oxygen atoms in total. The van der Waals surface area contributed by atoms with Crippen LogP contribution < -0.4 is 4.74 Å². The first-order valence-electron chi connectivity index (χ1n) is 7.42. The zero-order valence-electron chi connectivity index (χ0n) is 12.8. The van der Waals surface area contributed by atoms with Gasteiger partial charge in [-0.3, -0.25) is 9.79 Å². The number of hydrogen-bond acceptors (Lipinski definition) is 6. The number of aromatic nitrogens is 2. The Morgan fingerprint density at radius 1 is 1.08 bits per heavy atom. The number of ketones is 1. The Morgan fingerprint density at radius 3 is 2.67 bits per heavy atom. The summed E-state index contributed by atoms with van der Waals surface area (Å²) >= 11 is 0. The number of methoxy groups -OCH3 is 1. The maximum atomic E-state index is 12.6. The van der Waals surface area contributed by atoms with Crippen LogP contribution in [0.4, 0.5) is 5.69 Å². The molecule has 3 aromatic rings. The molecule has 0 spiro atoms. The third-order valence-corrected chi connectivity index (χ3v) is 3.87. The fraction of sp³-hybridized carbons (Fsp3) is 0.111. The van der Waals surface area contributed by atoms with Crippen LogP contribution in [0.1, 0.15) is 22.2 Å². The van der Waals surface area contributed by atoms with Crippen LogP contribution in [0.25, 0.3) is 11.4 Å². The number of ether oxygens (including phenoxy) is 1. The average Bonchev–Trinajstić information content (AvgIpc) is 3.12. The summed E-state index contributed by atoms with van der Waals surface area (Å²) in [5, 5.41) is 3.97. The van der Waals surface area contributed by atoms with Gasteiger partial charge in [-0.2, -0.15) is 4.98 Å². The molecule has 1 aromatic heterocycles. The van der Waals surface area contributed by atoms with Crippen LogP contribution in [0.15, 0.2) is 58.0 Å². The predicted molar refractivity (Wildman–Crippen MR) is 88.0 cm³/mol. The Morgan fingerprint density at radius 2 is 1.88 bits per heavy atom. The number of fused-ring (bicyclic) bond motifs is 1. The Bertz CT molecular complexity index is 929. The van der Waals surface area contributed by atoms with E-state index in [0.29, 0.717) is 17.1 Å². The highest BCUT2D eigenvalue weighted by Crippen LogP contribution is 2.31. The van der Waals surface area contributed by atoms with Gasteiger partial charge in [0.05, 0.1) is 12.8 Å². The van der Waals surface area contributed by atoms with Gasteiger partial charge in [0.2, 0.25) is 11.7 Å². The summed E-state index contributed by atoms with van der Waals surface area (Å²) in [6.45, 7) is 0. The van der Waals surface area contributed by atoms with E-state index in [2.05, 4.69) is 15.1 Å². The minimum Gasteiger partial charge on any atom is -0.497 e. The number of carbonyl (C=O) groups is 1. The summed E-state index contributed by atoms with van der Waals surface area (Å²) in [5.41, 5.74) is 2.01. The van der Waals surface area contributed by atoms with E-state index in [1.165, 1.54) is 0 Å². The highest BCUT2D eigenvalue weighted by atomic mass is 16.5. The van der Waals surface area contributed by atoms with E-state index in [9.17, 15) is 4.79 Å². The quantitative estimate of drug-likeness (QED) is 0.739. The van der Waals surface area contributed by atoms with Crippen LogP contribution in [0.2, 0.25) is 0 Å². The zero-order chi connectivity index (χ0) is 16.5. The number of aliphatic imine (C=N–C) groups is 1. The molecule has 1 atom stereocenters. The third kappa shape index (κ3) is 2.38. The van der Waals surface area contributed by atoms with Crippen molar-refractivity contribution in [3.05, 3.63) is 60.0 Å². The van der Waals surface area contributed by atoms with Crippen LogP contribution in [0.5, 0.6) is 5.75 Å². The van der Waals surface area contributed by atoms with Gasteiger partial charge in [-0.1, -0.05) is 17.3 Å². The summed E-state index contributed by atoms with van der Waals surface area (Å²) in [5.74, 6) is 0.662. The van der Waals surface area contributed by atoms with Crippen LogP contribution in [-0.2, 0) is 0 Å². The van der Waals surface area contributed by atoms with Gasteiger partial charge in [-0.25, -0.2) is 0 Å². The molecule has 1 unspecified atom stereocenters. The molecule has 118 valence electrons. The maximum absolute atomic E-state index is 12.6. The van der Waals surface area contributed by atoms with Gasteiger partial charge in [0.15, 0.2) is 5.78 Å². The second-order valence-electron chi connectivity index (χ2n) is 5.32. The minimum absolute atomic E-state index is 0.0921. The Kier molecular flexibility index (Phi) is 3.42. The highest BCUT2D eigenvalue weighted by Gasteiger charge is 2.30. The fourth-order valence-corrected chi connectivity index (χ4v) is 2.58. The van der Waals surface area contributed by atoms with E-state index >= 15 is 0 Å². The largest absolute Gasteiger partial charge is 0.497 e. The molecule has 2 aromatic carbocycles. The van der Waals surface area contributed by atoms with Gasteiger partial charge >= 0.3 is 0 Å². The smallest absolute Gasteiger partial charge is 0.243 e. The van der Waals surface area contributed by atoms with E-state index in [0.717, 1.165) is 11.3 Å². The van der Waals surface area contributed by atoms with Gasteiger partial charge in [-0.05, 0) is 36.4 Å². The van der Waals surface area contributed by atoms with Crippen molar-refractivity contribution in [1.29, 1.82) is 0 Å². The van der Waals surface area contributed by atoms with Gasteiger partial charge < -0.3 is 9.26 Å². The molecule has 6 heteroatoms. The number of hydrogen-bond donors (Lipinski definition) is 0. The average molecular weight is 319 g/mol. The van der Waals surface area contributed by atoms with Crippen LogP contribution in [-0.4, -0.2) is 29.2 Å². The van der Waals surface area contributed by atoms with Gasteiger partial charge in [0, 0.05) is 17.3 Å². The van der Waals surface area contributed by atoms with E-state index < -0.39 is 5.92 Å². The number of para-hydroxylation sites is 1. The molecule has 0 saturated heterocycles. The molecule has 0 bridgehead atoms. The number of carbonyl (C=O) groups excluding carboxylic acids is 1. The molecule has 0 amide bonds. The van der Waals surface area contributed by atoms with Gasteiger partial charge in [0.1, 0.15) is 11.7 Å². The highest BCUT2D eigenvalue weighted by molar-refractivity contribution is 6.15. The predicted octanol–water partition coefficient (Wildman–Crippen LogP) is 3.43. The molecular weight excluding hydrogens is 306 g/mol. The van der Waals surface area contributed by atoms with Crippen molar-refractivity contribution in [2.45, 2.75) is 5.92 Å². The van der Waals surface area contributed by atoms with Gasteiger partial charge in [-0.15, -0.1) is 0 Å². The number of Topliss-reactive ketones (excluding diaryl/α,β-unsaturated/α-hetero) is 1. The first-order chi connectivity index (χ1) is 11.8. The van der Waals surface area contributed by atoms with E-state index in [-0.39, 0.29) is 11.7 Å². The first-order valence-corrected chi connectivity index (χ1v) is 7.42. The van der Waals surface area contributed by atoms with Crippen molar-refractivity contribution >= 4 is 17.7 Å². The standard InChI is InChI=1S/C18H13N3O3/c1-23-12-8-6-11(7-9-12)17-20-18(24-21-17)14-10-19-15-5-3-2-4-13(15)16(14)22/h2-10,14H,1H3. The minimum atomic E-state index is -0.653. The number of rotatable bonds is 3. The molecule has 24 heavy (non-hydrogen) atoms. The Balaban J connectivity index is 1.65. The molecule has 4 rings (SSSR count). The normalized spacial score (nSPS) is 16.0. The molecule has 0 N–H and O–H groups in total. The van der Waals surface area contributed by atoms with E-state index in [1.54, 1.807) is 25.5 Å². The molecule has 0 radical (unpaired) electrons. The molecule has 0 aliphatic carbocycles. The zero-order valence-corrected chi connectivity index (χ0v) is 12.8. The number of nitrogens with zero attached hydrogens (tertiary/aromatic N) is 3. The number of benzene rings is 2. The maximum Gasteiger partial charge on any atom is 0.243 e. The molecule has 2 heterocycles. The van der Waals surface area contributed by atoms with Crippen LogP contribution in [0.3, 0.4) is 0 Å².